The average molecular weight is 492 g/mol. The van der Waals surface area contributed by atoms with E-state index in [9.17, 15) is 26.4 Å². The molecule has 0 radical (unpaired) electrons. The fourth-order valence-electron chi connectivity index (χ4n) is 3.59. The lowest BCUT2D eigenvalue weighted by Crippen LogP contribution is -2.38. The average Bonchev–Trinajstić information content (AvgIpc) is 3.17. The first-order valence-corrected chi connectivity index (χ1v) is 12.3. The molecule has 1 aliphatic rings. The zero-order chi connectivity index (χ0) is 23.7. The van der Waals surface area contributed by atoms with Crippen molar-refractivity contribution < 1.29 is 31.1 Å². The van der Waals surface area contributed by atoms with Crippen molar-refractivity contribution >= 4 is 33.0 Å². The number of ether oxygens (including phenoxy) is 1. The largest absolute Gasteiger partial charge is 0.501 e. The highest BCUT2D eigenvalue weighted by Crippen LogP contribution is 2.42. The Morgan fingerprint density at radius 1 is 1.25 bits per heavy atom. The summed E-state index contributed by atoms with van der Waals surface area (Å²) in [6.45, 7) is 3.53. The predicted molar refractivity (Wildman–Crippen MR) is 115 cm³/mol. The van der Waals surface area contributed by atoms with Crippen molar-refractivity contribution in [3.05, 3.63) is 29.4 Å². The summed E-state index contributed by atoms with van der Waals surface area (Å²) >= 11 is 1.17. The van der Waals surface area contributed by atoms with Crippen LogP contribution in [-0.4, -0.2) is 37.1 Å². The van der Waals surface area contributed by atoms with Gasteiger partial charge in [-0.3, -0.25) is 0 Å². The summed E-state index contributed by atoms with van der Waals surface area (Å²) in [5.41, 5.74) is -0.0378. The molecule has 2 aromatic rings. The standard InChI is InChI=1S/C20H24F3N3O4S2/c1-11(2)30-19(27)26-14-6-3-12(4-7-14)18-25-10-16(31-18)15-8-5-13(24)9-17(15)32(28,29)20(21,22)23/h5,8-12,14H,3-4,6-7,24H2,1-2H3,(H,26,27). The highest BCUT2D eigenvalue weighted by molar-refractivity contribution is 7.92. The molecule has 1 heterocycles. The molecule has 0 atom stereocenters. The first-order chi connectivity index (χ1) is 14.9. The summed E-state index contributed by atoms with van der Waals surface area (Å²) in [7, 11) is -5.57. The maximum absolute atomic E-state index is 13.2. The fourth-order valence-corrected chi connectivity index (χ4v) is 5.79. The van der Waals surface area contributed by atoms with Crippen molar-refractivity contribution in [1.29, 1.82) is 0 Å². The molecule has 1 fully saturated rings. The van der Waals surface area contributed by atoms with Gasteiger partial charge in [0.1, 0.15) is 0 Å². The SMILES string of the molecule is CC(C)OC(=O)NC1CCC(c2ncc(-c3ccc(N)cc3S(=O)(=O)C(F)(F)F)s2)CC1. The number of nitrogens with two attached hydrogens (primary N) is 1. The number of amides is 1. The number of hydrogen-bond donors (Lipinski definition) is 2. The van der Waals surface area contributed by atoms with Crippen molar-refractivity contribution in [2.45, 2.75) is 68.0 Å². The summed E-state index contributed by atoms with van der Waals surface area (Å²) in [5, 5.41) is 3.55. The lowest BCUT2D eigenvalue weighted by Gasteiger charge is -2.28. The molecule has 1 aromatic heterocycles. The molecule has 3 rings (SSSR count). The van der Waals surface area contributed by atoms with Gasteiger partial charge in [-0.1, -0.05) is 6.07 Å². The summed E-state index contributed by atoms with van der Waals surface area (Å²) in [6, 6.07) is 3.44. The van der Waals surface area contributed by atoms with E-state index >= 15 is 0 Å². The first-order valence-electron chi connectivity index (χ1n) is 10.0. The van der Waals surface area contributed by atoms with Gasteiger partial charge in [-0.25, -0.2) is 18.2 Å². The van der Waals surface area contributed by atoms with E-state index in [2.05, 4.69) is 10.3 Å². The third-order valence-corrected chi connectivity index (χ3v) is 7.85. The Bertz CT molecular complexity index is 1080. The number of carbonyl (C=O) groups is 1. The molecule has 1 amide bonds. The van der Waals surface area contributed by atoms with Gasteiger partial charge in [0.05, 0.1) is 20.9 Å². The molecule has 0 saturated heterocycles. The second-order valence-electron chi connectivity index (χ2n) is 7.91. The minimum atomic E-state index is -5.57. The number of nitrogens with zero attached hydrogens (tertiary/aromatic N) is 1. The third-order valence-electron chi connectivity index (χ3n) is 5.13. The zero-order valence-electron chi connectivity index (χ0n) is 17.5. The van der Waals surface area contributed by atoms with E-state index in [1.54, 1.807) is 13.8 Å². The highest BCUT2D eigenvalue weighted by Gasteiger charge is 2.48. The number of anilines is 1. The number of sulfone groups is 1. The van der Waals surface area contributed by atoms with E-state index in [1.165, 1.54) is 29.7 Å². The van der Waals surface area contributed by atoms with Gasteiger partial charge < -0.3 is 15.8 Å². The van der Waals surface area contributed by atoms with Crippen LogP contribution in [0, 0.1) is 0 Å². The van der Waals surface area contributed by atoms with Gasteiger partial charge in [0.2, 0.25) is 0 Å². The van der Waals surface area contributed by atoms with Gasteiger partial charge in [0, 0.05) is 29.4 Å². The quantitative estimate of drug-likeness (QED) is 0.579. The van der Waals surface area contributed by atoms with Crippen LogP contribution in [0.25, 0.3) is 10.4 Å². The third kappa shape index (κ3) is 5.34. The van der Waals surface area contributed by atoms with E-state index < -0.39 is 26.3 Å². The number of benzene rings is 1. The van der Waals surface area contributed by atoms with E-state index in [-0.39, 0.29) is 29.3 Å². The maximum atomic E-state index is 13.2. The molecule has 0 spiro atoms. The van der Waals surface area contributed by atoms with Crippen LogP contribution in [0.2, 0.25) is 0 Å². The van der Waals surface area contributed by atoms with Crippen molar-refractivity contribution in [3.8, 4) is 10.4 Å². The molecule has 1 aliphatic carbocycles. The predicted octanol–water partition coefficient (Wildman–Crippen LogP) is 4.85. The number of thiazole rings is 1. The maximum Gasteiger partial charge on any atom is 0.501 e. The molecule has 0 bridgehead atoms. The molecule has 12 heteroatoms. The van der Waals surface area contributed by atoms with Crippen LogP contribution in [0.3, 0.4) is 0 Å². The van der Waals surface area contributed by atoms with Crippen LogP contribution in [0.15, 0.2) is 29.3 Å². The van der Waals surface area contributed by atoms with Crippen LogP contribution in [0.1, 0.15) is 50.5 Å². The Kier molecular flexibility index (Phi) is 7.03. The molecule has 1 saturated carbocycles. The van der Waals surface area contributed by atoms with Gasteiger partial charge in [-0.05, 0) is 51.7 Å². The summed E-state index contributed by atoms with van der Waals surface area (Å²) in [4.78, 5) is 15.6. The number of halogens is 3. The van der Waals surface area contributed by atoms with Gasteiger partial charge in [0.15, 0.2) is 0 Å². The molecule has 3 N–H and O–H groups in total. The normalized spacial score (nSPS) is 19.7. The first kappa shape index (κ1) is 24.3. The Labute approximate surface area is 188 Å². The van der Waals surface area contributed by atoms with E-state index in [1.807, 2.05) is 0 Å². The molecule has 0 aliphatic heterocycles. The summed E-state index contributed by atoms with van der Waals surface area (Å²) in [5.74, 6) is 0.0735. The molecule has 0 unspecified atom stereocenters. The number of aromatic nitrogens is 1. The van der Waals surface area contributed by atoms with Crippen molar-refractivity contribution in [2.75, 3.05) is 5.73 Å². The van der Waals surface area contributed by atoms with Gasteiger partial charge in [-0.15, -0.1) is 11.3 Å². The topological polar surface area (TPSA) is 111 Å². The second-order valence-corrected chi connectivity index (χ2v) is 10.9. The highest BCUT2D eigenvalue weighted by atomic mass is 32.2. The minimum absolute atomic E-state index is 0.0161. The molecule has 7 nitrogen and oxygen atoms in total. The Morgan fingerprint density at radius 3 is 2.50 bits per heavy atom. The number of carbonyl (C=O) groups excluding carboxylic acids is 1. The fraction of sp³-hybridized carbons (Fsp3) is 0.500. The molecule has 32 heavy (non-hydrogen) atoms. The van der Waals surface area contributed by atoms with E-state index in [4.69, 9.17) is 10.5 Å². The molecule has 176 valence electrons. The Hall–Kier alpha value is -2.34. The second kappa shape index (κ2) is 9.26. The van der Waals surface area contributed by atoms with E-state index in [0.29, 0.717) is 17.7 Å². The number of alkyl carbamates (subject to hydrolysis) is 1. The monoisotopic (exact) mass is 491 g/mol. The molecule has 1 aromatic carbocycles. The van der Waals surface area contributed by atoms with Gasteiger partial charge in [-0.2, -0.15) is 13.2 Å². The Morgan fingerprint density at radius 2 is 1.91 bits per heavy atom. The number of rotatable bonds is 5. The Balaban J connectivity index is 1.76. The van der Waals surface area contributed by atoms with Crippen LogP contribution >= 0.6 is 11.3 Å². The number of nitrogen functional groups attached to an aromatic ring is 1. The molecular formula is C20H24F3N3O4S2. The smallest absolute Gasteiger partial charge is 0.447 e. The van der Waals surface area contributed by atoms with Crippen LogP contribution < -0.4 is 11.1 Å². The van der Waals surface area contributed by atoms with Crippen molar-refractivity contribution in [2.24, 2.45) is 0 Å². The van der Waals surface area contributed by atoms with Gasteiger partial charge >= 0.3 is 11.6 Å². The number of nitrogens with one attached hydrogen (secondary N) is 1. The van der Waals surface area contributed by atoms with Crippen molar-refractivity contribution in [3.63, 3.8) is 0 Å². The minimum Gasteiger partial charge on any atom is -0.447 e. The lowest BCUT2D eigenvalue weighted by atomic mass is 9.86. The van der Waals surface area contributed by atoms with E-state index in [0.717, 1.165) is 23.9 Å². The van der Waals surface area contributed by atoms with Crippen LogP contribution in [0.5, 0.6) is 0 Å². The number of alkyl halides is 3. The van der Waals surface area contributed by atoms with Crippen LogP contribution in [0.4, 0.5) is 23.7 Å². The van der Waals surface area contributed by atoms with Gasteiger partial charge in [0.25, 0.3) is 9.84 Å². The summed E-state index contributed by atoms with van der Waals surface area (Å²) in [6.07, 6.45) is 3.61. The summed E-state index contributed by atoms with van der Waals surface area (Å²) < 4.78 is 68.7. The zero-order valence-corrected chi connectivity index (χ0v) is 19.1. The van der Waals surface area contributed by atoms with Crippen LogP contribution in [-0.2, 0) is 14.6 Å². The number of hydrogen-bond acceptors (Lipinski definition) is 7. The molecular weight excluding hydrogens is 467 g/mol. The lowest BCUT2D eigenvalue weighted by molar-refractivity contribution is -0.0435. The van der Waals surface area contributed by atoms with Crippen molar-refractivity contribution in [1.82, 2.24) is 10.3 Å².